The Labute approximate surface area is 236 Å². The molecular formula is C33H64O5. The number of hydrogen-bond donors (Lipinski definition) is 1. The highest BCUT2D eigenvalue weighted by atomic mass is 16.6. The predicted octanol–water partition coefficient (Wildman–Crippen LogP) is 9.47. The van der Waals surface area contributed by atoms with Crippen LogP contribution in [0.4, 0.5) is 0 Å². The molecule has 2 atom stereocenters. The first-order chi connectivity index (χ1) is 18.5. The van der Waals surface area contributed by atoms with E-state index in [0.29, 0.717) is 12.8 Å². The second kappa shape index (κ2) is 28.9. The van der Waals surface area contributed by atoms with E-state index in [1.807, 2.05) is 0 Å². The summed E-state index contributed by atoms with van der Waals surface area (Å²) in [5.41, 5.74) is 0. The molecular weight excluding hydrogens is 476 g/mol. The van der Waals surface area contributed by atoms with E-state index in [1.54, 1.807) is 0 Å². The second-order valence-electron chi connectivity index (χ2n) is 11.5. The van der Waals surface area contributed by atoms with Gasteiger partial charge in [-0.1, -0.05) is 149 Å². The van der Waals surface area contributed by atoms with Gasteiger partial charge in [0.2, 0.25) is 0 Å². The van der Waals surface area contributed by atoms with Crippen LogP contribution in [0.5, 0.6) is 0 Å². The first kappa shape index (κ1) is 36.9. The maximum atomic E-state index is 12.0. The maximum absolute atomic E-state index is 12.0. The summed E-state index contributed by atoms with van der Waals surface area (Å²) >= 11 is 0. The van der Waals surface area contributed by atoms with E-state index in [1.165, 1.54) is 103 Å². The summed E-state index contributed by atoms with van der Waals surface area (Å²) in [6, 6.07) is 0. The van der Waals surface area contributed by atoms with Crippen LogP contribution in [0.25, 0.3) is 0 Å². The molecule has 0 amide bonds. The molecule has 0 spiro atoms. The van der Waals surface area contributed by atoms with Crippen molar-refractivity contribution < 1.29 is 24.2 Å². The van der Waals surface area contributed by atoms with Gasteiger partial charge >= 0.3 is 11.9 Å². The van der Waals surface area contributed by atoms with Gasteiger partial charge in [0.1, 0.15) is 6.61 Å². The summed E-state index contributed by atoms with van der Waals surface area (Å²) in [5, 5.41) is 9.47. The summed E-state index contributed by atoms with van der Waals surface area (Å²) in [6.45, 7) is 6.48. The van der Waals surface area contributed by atoms with Gasteiger partial charge in [-0.3, -0.25) is 9.59 Å². The summed E-state index contributed by atoms with van der Waals surface area (Å²) < 4.78 is 10.5. The largest absolute Gasteiger partial charge is 0.462 e. The number of esters is 2. The monoisotopic (exact) mass is 540 g/mol. The van der Waals surface area contributed by atoms with E-state index in [9.17, 15) is 14.7 Å². The van der Waals surface area contributed by atoms with Crippen LogP contribution in [0.15, 0.2) is 0 Å². The fourth-order valence-electron chi connectivity index (χ4n) is 4.76. The molecule has 0 heterocycles. The van der Waals surface area contributed by atoms with Crippen molar-refractivity contribution in [2.24, 2.45) is 5.92 Å². The Morgan fingerprint density at radius 1 is 0.605 bits per heavy atom. The van der Waals surface area contributed by atoms with Gasteiger partial charge in [0.15, 0.2) is 6.10 Å². The lowest BCUT2D eigenvalue weighted by molar-refractivity contribution is -0.161. The maximum Gasteiger partial charge on any atom is 0.306 e. The van der Waals surface area contributed by atoms with E-state index in [2.05, 4.69) is 20.8 Å². The number of carbonyl (C=O) groups is 2. The molecule has 1 unspecified atom stereocenters. The number of hydrogen-bond acceptors (Lipinski definition) is 5. The number of ether oxygens (including phenoxy) is 2. The van der Waals surface area contributed by atoms with E-state index in [-0.39, 0.29) is 25.2 Å². The topological polar surface area (TPSA) is 72.8 Å². The Hall–Kier alpha value is -1.10. The highest BCUT2D eigenvalue weighted by molar-refractivity contribution is 5.70. The summed E-state index contributed by atoms with van der Waals surface area (Å²) in [6.07, 6.45) is 27.2. The average molecular weight is 541 g/mol. The standard InChI is InChI=1S/C33H64O5/c1-4-6-7-8-9-10-14-18-21-24-27-33(36)38-31(28-34)29-37-32(35)26-23-20-17-15-12-11-13-16-19-22-25-30(3)5-2/h30-31,34H,4-29H2,1-3H3/t30?,31-/m0/s1. The van der Waals surface area contributed by atoms with Gasteiger partial charge in [-0.15, -0.1) is 0 Å². The Balaban J connectivity index is 3.56. The van der Waals surface area contributed by atoms with Crippen LogP contribution in [0, 0.1) is 5.92 Å². The smallest absolute Gasteiger partial charge is 0.306 e. The van der Waals surface area contributed by atoms with E-state index < -0.39 is 6.10 Å². The van der Waals surface area contributed by atoms with Crippen molar-refractivity contribution in [2.45, 2.75) is 181 Å². The molecule has 0 saturated carbocycles. The Kier molecular flexibility index (Phi) is 28.1. The van der Waals surface area contributed by atoms with E-state index >= 15 is 0 Å². The molecule has 0 saturated heterocycles. The average Bonchev–Trinajstić information content (AvgIpc) is 2.92. The predicted molar refractivity (Wildman–Crippen MR) is 159 cm³/mol. The van der Waals surface area contributed by atoms with Crippen LogP contribution in [0.2, 0.25) is 0 Å². The molecule has 226 valence electrons. The number of rotatable bonds is 29. The minimum absolute atomic E-state index is 0.0591. The number of aliphatic hydroxyl groups excluding tert-OH is 1. The van der Waals surface area contributed by atoms with Crippen molar-refractivity contribution in [3.63, 3.8) is 0 Å². The molecule has 0 aliphatic heterocycles. The van der Waals surface area contributed by atoms with Crippen molar-refractivity contribution in [3.8, 4) is 0 Å². The molecule has 1 N–H and O–H groups in total. The van der Waals surface area contributed by atoms with Gasteiger partial charge < -0.3 is 14.6 Å². The Morgan fingerprint density at radius 3 is 1.47 bits per heavy atom. The first-order valence-corrected chi connectivity index (χ1v) is 16.5. The minimum Gasteiger partial charge on any atom is -0.462 e. The first-order valence-electron chi connectivity index (χ1n) is 16.5. The third-order valence-corrected chi connectivity index (χ3v) is 7.69. The quantitative estimate of drug-likeness (QED) is 0.0755. The molecule has 0 aromatic heterocycles. The molecule has 38 heavy (non-hydrogen) atoms. The highest BCUT2D eigenvalue weighted by Gasteiger charge is 2.16. The molecule has 0 aromatic rings. The molecule has 0 radical (unpaired) electrons. The SMILES string of the molecule is CCCCCCCCCCCCC(=O)O[C@@H](CO)COC(=O)CCCCCCCCCCCCC(C)CC. The van der Waals surface area contributed by atoms with Gasteiger partial charge in [0, 0.05) is 12.8 Å². The number of carbonyl (C=O) groups excluding carboxylic acids is 2. The van der Waals surface area contributed by atoms with Crippen molar-refractivity contribution in [2.75, 3.05) is 13.2 Å². The molecule has 0 aromatic carbocycles. The van der Waals surface area contributed by atoms with Crippen LogP contribution in [0.1, 0.15) is 175 Å². The number of unbranched alkanes of at least 4 members (excludes halogenated alkanes) is 18. The zero-order chi connectivity index (χ0) is 28.1. The van der Waals surface area contributed by atoms with Crippen LogP contribution in [-0.2, 0) is 19.1 Å². The molecule has 0 rings (SSSR count). The molecule has 5 heteroatoms. The second-order valence-corrected chi connectivity index (χ2v) is 11.5. The third-order valence-electron chi connectivity index (χ3n) is 7.69. The van der Waals surface area contributed by atoms with E-state index in [0.717, 1.165) is 44.4 Å². The lowest BCUT2D eigenvalue weighted by atomic mass is 9.99. The molecule has 0 aliphatic carbocycles. The lowest BCUT2D eigenvalue weighted by Gasteiger charge is -2.15. The Morgan fingerprint density at radius 2 is 1.03 bits per heavy atom. The van der Waals surface area contributed by atoms with Crippen molar-refractivity contribution in [3.05, 3.63) is 0 Å². The normalized spacial score (nSPS) is 12.8. The van der Waals surface area contributed by atoms with Gasteiger partial charge in [0.25, 0.3) is 0 Å². The van der Waals surface area contributed by atoms with Gasteiger partial charge in [-0.2, -0.15) is 0 Å². The van der Waals surface area contributed by atoms with Crippen LogP contribution in [0.3, 0.4) is 0 Å². The van der Waals surface area contributed by atoms with E-state index in [4.69, 9.17) is 9.47 Å². The van der Waals surface area contributed by atoms with Crippen molar-refractivity contribution in [1.29, 1.82) is 0 Å². The van der Waals surface area contributed by atoms with Gasteiger partial charge in [-0.05, 0) is 18.8 Å². The fourth-order valence-corrected chi connectivity index (χ4v) is 4.76. The molecule has 0 aliphatic rings. The van der Waals surface area contributed by atoms with Crippen molar-refractivity contribution in [1.82, 2.24) is 0 Å². The molecule has 0 bridgehead atoms. The number of aliphatic hydroxyl groups is 1. The molecule has 5 nitrogen and oxygen atoms in total. The van der Waals surface area contributed by atoms with Crippen LogP contribution >= 0.6 is 0 Å². The third kappa shape index (κ3) is 26.5. The lowest BCUT2D eigenvalue weighted by Crippen LogP contribution is -2.28. The van der Waals surface area contributed by atoms with Gasteiger partial charge in [-0.25, -0.2) is 0 Å². The minimum atomic E-state index is -0.760. The fraction of sp³-hybridized carbons (Fsp3) is 0.939. The van der Waals surface area contributed by atoms with Gasteiger partial charge in [0.05, 0.1) is 6.61 Å². The summed E-state index contributed by atoms with van der Waals surface area (Å²) in [4.78, 5) is 24.0. The molecule has 0 fully saturated rings. The zero-order valence-corrected chi connectivity index (χ0v) is 25.6. The summed E-state index contributed by atoms with van der Waals surface area (Å²) in [7, 11) is 0. The van der Waals surface area contributed by atoms with Crippen LogP contribution < -0.4 is 0 Å². The van der Waals surface area contributed by atoms with Crippen LogP contribution in [-0.4, -0.2) is 36.4 Å². The zero-order valence-electron chi connectivity index (χ0n) is 25.6. The highest BCUT2D eigenvalue weighted by Crippen LogP contribution is 2.16. The summed E-state index contributed by atoms with van der Waals surface area (Å²) in [5.74, 6) is 0.294. The van der Waals surface area contributed by atoms with Crippen molar-refractivity contribution >= 4 is 11.9 Å². The Bertz CT molecular complexity index is 522.